The Kier molecular flexibility index (Phi) is 5.78. The first-order valence-corrected chi connectivity index (χ1v) is 13.1. The highest BCUT2D eigenvalue weighted by Crippen LogP contribution is 2.29. The lowest BCUT2D eigenvalue weighted by molar-refractivity contribution is 0.0898. The second kappa shape index (κ2) is 7.67. The Morgan fingerprint density at radius 1 is 1.25 bits per heavy atom. The van der Waals surface area contributed by atoms with Gasteiger partial charge in [-0.15, -0.1) is 0 Å². The van der Waals surface area contributed by atoms with E-state index in [0.29, 0.717) is 6.73 Å². The Bertz CT molecular complexity index is 695. The number of hydrogen-bond acceptors (Lipinski definition) is 5. The van der Waals surface area contributed by atoms with Crippen LogP contribution >= 0.6 is 22.6 Å². The van der Waals surface area contributed by atoms with Gasteiger partial charge in [0.1, 0.15) is 24.5 Å². The lowest BCUT2D eigenvalue weighted by atomic mass is 10.3. The van der Waals surface area contributed by atoms with Crippen LogP contribution in [0.3, 0.4) is 0 Å². The van der Waals surface area contributed by atoms with Crippen LogP contribution in [0.25, 0.3) is 11.0 Å². The quantitative estimate of drug-likeness (QED) is 0.377. The Hall–Kier alpha value is -0.713. The van der Waals surface area contributed by atoms with Crippen molar-refractivity contribution in [3.05, 3.63) is 16.1 Å². The van der Waals surface area contributed by atoms with E-state index in [4.69, 9.17) is 9.47 Å². The predicted molar refractivity (Wildman–Crippen MR) is 107 cm³/mol. The van der Waals surface area contributed by atoms with Crippen LogP contribution in [0.15, 0.2) is 12.5 Å². The zero-order chi connectivity index (χ0) is 17.2. The SMILES string of the molecule is C[Si](C)(C)CCOCn1cc(I)c2c(N3CCOCC3)ncnc21. The normalized spacial score (nSPS) is 16.1. The van der Waals surface area contributed by atoms with Crippen LogP contribution in [0.5, 0.6) is 0 Å². The van der Waals surface area contributed by atoms with E-state index < -0.39 is 8.07 Å². The molecule has 0 bridgehead atoms. The minimum Gasteiger partial charge on any atom is -0.378 e. The van der Waals surface area contributed by atoms with Crippen molar-refractivity contribution in [2.24, 2.45) is 0 Å². The van der Waals surface area contributed by atoms with E-state index in [2.05, 4.69) is 67.9 Å². The Labute approximate surface area is 157 Å². The number of aromatic nitrogens is 3. The molecule has 8 heteroatoms. The largest absolute Gasteiger partial charge is 0.378 e. The van der Waals surface area contributed by atoms with Gasteiger partial charge in [0, 0.05) is 37.5 Å². The molecule has 3 heterocycles. The molecule has 132 valence electrons. The van der Waals surface area contributed by atoms with Crippen molar-refractivity contribution in [1.29, 1.82) is 0 Å². The molecular formula is C16H25IN4O2Si. The third-order valence-electron chi connectivity index (χ3n) is 4.12. The van der Waals surface area contributed by atoms with Crippen LogP contribution in [0.1, 0.15) is 0 Å². The minimum absolute atomic E-state index is 0.545. The number of halogens is 1. The molecule has 1 aliphatic heterocycles. The van der Waals surface area contributed by atoms with Gasteiger partial charge in [-0.05, 0) is 28.6 Å². The van der Waals surface area contributed by atoms with Crippen LogP contribution < -0.4 is 4.90 Å². The molecule has 2 aromatic heterocycles. The van der Waals surface area contributed by atoms with E-state index >= 15 is 0 Å². The van der Waals surface area contributed by atoms with Gasteiger partial charge >= 0.3 is 0 Å². The zero-order valence-electron chi connectivity index (χ0n) is 14.6. The predicted octanol–water partition coefficient (Wildman–Crippen LogP) is 3.18. The Morgan fingerprint density at radius 3 is 2.71 bits per heavy atom. The fraction of sp³-hybridized carbons (Fsp3) is 0.625. The summed E-state index contributed by atoms with van der Waals surface area (Å²) in [5.41, 5.74) is 0.948. The third-order valence-corrected chi connectivity index (χ3v) is 6.65. The molecule has 24 heavy (non-hydrogen) atoms. The van der Waals surface area contributed by atoms with Crippen LogP contribution in [0.2, 0.25) is 25.7 Å². The number of rotatable bonds is 6. The third kappa shape index (κ3) is 4.27. The summed E-state index contributed by atoms with van der Waals surface area (Å²) in [6.07, 6.45) is 3.76. The highest BCUT2D eigenvalue weighted by molar-refractivity contribution is 14.1. The Balaban J connectivity index is 1.78. The smallest absolute Gasteiger partial charge is 0.148 e. The maximum absolute atomic E-state index is 5.90. The summed E-state index contributed by atoms with van der Waals surface area (Å²) < 4.78 is 14.6. The molecule has 0 saturated carbocycles. The first kappa shape index (κ1) is 18.1. The van der Waals surface area contributed by atoms with Crippen molar-refractivity contribution in [2.75, 3.05) is 37.8 Å². The van der Waals surface area contributed by atoms with Gasteiger partial charge in [0.15, 0.2) is 0 Å². The molecule has 0 aromatic carbocycles. The molecule has 1 fully saturated rings. The van der Waals surface area contributed by atoms with Gasteiger partial charge in [0.05, 0.1) is 18.6 Å². The number of nitrogens with zero attached hydrogens (tertiary/aromatic N) is 4. The lowest BCUT2D eigenvalue weighted by Gasteiger charge is -2.28. The molecule has 0 atom stereocenters. The van der Waals surface area contributed by atoms with Crippen LogP contribution in [0, 0.1) is 3.57 Å². The van der Waals surface area contributed by atoms with Gasteiger partial charge in [-0.25, -0.2) is 9.97 Å². The molecule has 1 aliphatic rings. The van der Waals surface area contributed by atoms with E-state index in [0.717, 1.165) is 49.8 Å². The van der Waals surface area contributed by atoms with Gasteiger partial charge in [-0.2, -0.15) is 0 Å². The molecule has 2 aromatic rings. The first-order chi connectivity index (χ1) is 11.5. The van der Waals surface area contributed by atoms with Gasteiger partial charge in [0.2, 0.25) is 0 Å². The van der Waals surface area contributed by atoms with Gasteiger partial charge in [0.25, 0.3) is 0 Å². The van der Waals surface area contributed by atoms with E-state index in [1.165, 1.54) is 9.61 Å². The monoisotopic (exact) mass is 460 g/mol. The minimum atomic E-state index is -1.06. The molecule has 6 nitrogen and oxygen atoms in total. The summed E-state index contributed by atoms with van der Waals surface area (Å²) >= 11 is 2.37. The molecule has 3 rings (SSSR count). The van der Waals surface area contributed by atoms with E-state index in [1.807, 2.05) is 0 Å². The molecule has 0 aliphatic carbocycles. The summed E-state index contributed by atoms with van der Waals surface area (Å²) in [6, 6.07) is 1.18. The van der Waals surface area contributed by atoms with Crippen LogP contribution in [-0.2, 0) is 16.2 Å². The first-order valence-electron chi connectivity index (χ1n) is 8.35. The molecule has 0 spiro atoms. The molecular weight excluding hydrogens is 435 g/mol. The number of hydrogen-bond donors (Lipinski definition) is 0. The number of morpholine rings is 1. The Morgan fingerprint density at radius 2 is 2.00 bits per heavy atom. The standard InChI is InChI=1S/C16H25IN4O2Si/c1-24(2,3)9-8-23-12-21-10-13(17)14-15(18-11-19-16(14)21)20-4-6-22-7-5-20/h10-11H,4-9,12H2,1-3H3. The lowest BCUT2D eigenvalue weighted by Crippen LogP contribution is -2.36. The number of anilines is 1. The van der Waals surface area contributed by atoms with E-state index in [-0.39, 0.29) is 0 Å². The summed E-state index contributed by atoms with van der Waals surface area (Å²) in [6.45, 7) is 11.7. The zero-order valence-corrected chi connectivity index (χ0v) is 17.7. The van der Waals surface area contributed by atoms with Crippen molar-refractivity contribution in [1.82, 2.24) is 14.5 Å². The van der Waals surface area contributed by atoms with Crippen molar-refractivity contribution < 1.29 is 9.47 Å². The fourth-order valence-corrected chi connectivity index (χ4v) is 4.29. The highest BCUT2D eigenvalue weighted by atomic mass is 127. The summed E-state index contributed by atoms with van der Waals surface area (Å²) in [5.74, 6) is 1.01. The van der Waals surface area contributed by atoms with Crippen molar-refractivity contribution in [3.8, 4) is 0 Å². The maximum Gasteiger partial charge on any atom is 0.148 e. The van der Waals surface area contributed by atoms with Gasteiger partial charge in [-0.1, -0.05) is 19.6 Å². The second-order valence-electron chi connectivity index (χ2n) is 7.29. The number of ether oxygens (including phenoxy) is 2. The summed E-state index contributed by atoms with van der Waals surface area (Å²) in [5, 5.41) is 1.12. The molecule has 0 amide bonds. The average Bonchev–Trinajstić information content (AvgIpc) is 2.88. The summed E-state index contributed by atoms with van der Waals surface area (Å²) in [4.78, 5) is 11.3. The van der Waals surface area contributed by atoms with Gasteiger partial charge < -0.3 is 18.9 Å². The molecule has 0 radical (unpaired) electrons. The van der Waals surface area contributed by atoms with Crippen LogP contribution in [-0.4, -0.2) is 55.5 Å². The second-order valence-corrected chi connectivity index (χ2v) is 14.1. The number of fused-ring (bicyclic) bond motifs is 1. The molecule has 0 N–H and O–H groups in total. The molecule has 0 unspecified atom stereocenters. The van der Waals surface area contributed by atoms with E-state index in [9.17, 15) is 0 Å². The van der Waals surface area contributed by atoms with Gasteiger partial charge in [-0.3, -0.25) is 0 Å². The van der Waals surface area contributed by atoms with Crippen molar-refractivity contribution >= 4 is 47.5 Å². The molecule has 1 saturated heterocycles. The van der Waals surface area contributed by atoms with E-state index in [1.54, 1.807) is 6.33 Å². The topological polar surface area (TPSA) is 52.4 Å². The maximum atomic E-state index is 5.90. The van der Waals surface area contributed by atoms with Crippen molar-refractivity contribution in [3.63, 3.8) is 0 Å². The van der Waals surface area contributed by atoms with Crippen LogP contribution in [0.4, 0.5) is 5.82 Å². The average molecular weight is 460 g/mol. The van der Waals surface area contributed by atoms with Crippen molar-refractivity contribution in [2.45, 2.75) is 32.4 Å². The highest BCUT2D eigenvalue weighted by Gasteiger charge is 2.20. The fourth-order valence-electron chi connectivity index (χ4n) is 2.72. The summed E-state index contributed by atoms with van der Waals surface area (Å²) in [7, 11) is -1.06.